The lowest BCUT2D eigenvalue weighted by molar-refractivity contribution is -0.124. The number of ether oxygens (including phenoxy) is 1. The summed E-state index contributed by atoms with van der Waals surface area (Å²) in [6, 6.07) is 21.5. The Balaban J connectivity index is 0.00000288. The summed E-state index contributed by atoms with van der Waals surface area (Å²) in [5.74, 6) is 0.00295. The molecule has 0 bridgehead atoms. The third-order valence-corrected chi connectivity index (χ3v) is 7.83. The van der Waals surface area contributed by atoms with Crippen molar-refractivity contribution in [3.63, 3.8) is 0 Å². The standard InChI is InChI=1S/C34H38N6O4.2ClH/c1-4-35-30(41)21-44-33-27(22(2)17-23(3)39-33)19-38-32(42)29-16-15-26-18-36-31(34(43)40(26)29)37-20-28(24-11-7-5-8-12-24)25-13-9-6-10-14-25;;/h5-14,17-18,28-29H,4,15-16,19-21H2,1-3H3,(H,35,41)(H,36,37)(H,38,42);2*1H/t29-;;/m0../s1. The van der Waals surface area contributed by atoms with Crippen LogP contribution in [-0.2, 0) is 22.6 Å². The van der Waals surface area contributed by atoms with Crippen LogP contribution < -0.4 is 26.2 Å². The highest BCUT2D eigenvalue weighted by molar-refractivity contribution is 5.85. The van der Waals surface area contributed by atoms with Crippen LogP contribution in [-0.4, -0.2) is 46.0 Å². The molecule has 244 valence electrons. The molecule has 12 heteroatoms. The summed E-state index contributed by atoms with van der Waals surface area (Å²) in [6.45, 7) is 6.53. The highest BCUT2D eigenvalue weighted by Crippen LogP contribution is 2.27. The smallest absolute Gasteiger partial charge is 0.294 e. The van der Waals surface area contributed by atoms with E-state index in [0.717, 1.165) is 28.1 Å². The van der Waals surface area contributed by atoms with Gasteiger partial charge in [-0.25, -0.2) is 9.97 Å². The Morgan fingerprint density at radius 3 is 2.28 bits per heavy atom. The number of aryl methyl sites for hydroxylation is 3. The van der Waals surface area contributed by atoms with E-state index < -0.39 is 6.04 Å². The molecule has 2 aromatic heterocycles. The van der Waals surface area contributed by atoms with Crippen molar-refractivity contribution in [3.8, 4) is 5.88 Å². The normalized spacial score (nSPS) is 13.2. The van der Waals surface area contributed by atoms with E-state index in [9.17, 15) is 14.4 Å². The predicted octanol–water partition coefficient (Wildman–Crippen LogP) is 4.66. The van der Waals surface area contributed by atoms with E-state index in [1.807, 2.05) is 63.2 Å². The zero-order chi connectivity index (χ0) is 31.1. The number of likely N-dealkylation sites (N-methyl/N-ethyl adjacent to an activating group) is 1. The van der Waals surface area contributed by atoms with Gasteiger partial charge in [-0.1, -0.05) is 60.7 Å². The van der Waals surface area contributed by atoms with Crippen LogP contribution >= 0.6 is 24.8 Å². The van der Waals surface area contributed by atoms with Crippen LogP contribution in [0.2, 0.25) is 0 Å². The number of rotatable bonds is 12. The van der Waals surface area contributed by atoms with Gasteiger partial charge in [0.15, 0.2) is 12.4 Å². The van der Waals surface area contributed by atoms with E-state index >= 15 is 0 Å². The molecule has 1 atom stereocenters. The van der Waals surface area contributed by atoms with Crippen LogP contribution in [0, 0.1) is 13.8 Å². The molecule has 4 aromatic rings. The molecule has 0 radical (unpaired) electrons. The summed E-state index contributed by atoms with van der Waals surface area (Å²) < 4.78 is 7.28. The van der Waals surface area contributed by atoms with Gasteiger partial charge < -0.3 is 20.7 Å². The van der Waals surface area contributed by atoms with Gasteiger partial charge >= 0.3 is 0 Å². The Morgan fingerprint density at radius 1 is 1.00 bits per heavy atom. The predicted molar refractivity (Wildman–Crippen MR) is 183 cm³/mol. The number of pyridine rings is 1. The third kappa shape index (κ3) is 8.44. The Kier molecular flexibility index (Phi) is 13.1. The highest BCUT2D eigenvalue weighted by atomic mass is 35.5. The summed E-state index contributed by atoms with van der Waals surface area (Å²) in [4.78, 5) is 48.0. The third-order valence-electron chi connectivity index (χ3n) is 7.83. The van der Waals surface area contributed by atoms with Gasteiger partial charge in [-0.15, -0.1) is 24.8 Å². The molecule has 2 amide bonds. The van der Waals surface area contributed by atoms with Crippen molar-refractivity contribution in [2.45, 2.75) is 52.1 Å². The van der Waals surface area contributed by atoms with E-state index in [1.54, 1.807) is 10.8 Å². The summed E-state index contributed by atoms with van der Waals surface area (Å²) in [5.41, 5.74) is 4.97. The summed E-state index contributed by atoms with van der Waals surface area (Å²) in [7, 11) is 0. The molecule has 3 heterocycles. The lowest BCUT2D eigenvalue weighted by atomic mass is 9.91. The maximum atomic E-state index is 13.7. The number of carbonyl (C=O) groups excluding carboxylic acids is 2. The van der Waals surface area contributed by atoms with Gasteiger partial charge in [0.05, 0.1) is 0 Å². The summed E-state index contributed by atoms with van der Waals surface area (Å²) in [6.07, 6.45) is 2.75. The minimum atomic E-state index is -0.668. The van der Waals surface area contributed by atoms with Crippen molar-refractivity contribution in [2.75, 3.05) is 25.0 Å². The molecule has 0 spiro atoms. The number of halogens is 2. The van der Waals surface area contributed by atoms with Crippen LogP contribution in [0.5, 0.6) is 5.88 Å². The number of hydrogen-bond donors (Lipinski definition) is 3. The molecule has 2 aromatic carbocycles. The molecule has 1 aliphatic rings. The average Bonchev–Trinajstić information content (AvgIpc) is 3.47. The lowest BCUT2D eigenvalue weighted by Gasteiger charge is -2.20. The summed E-state index contributed by atoms with van der Waals surface area (Å²) in [5, 5.41) is 8.95. The number of anilines is 1. The molecule has 0 aliphatic carbocycles. The number of benzene rings is 2. The van der Waals surface area contributed by atoms with Crippen LogP contribution in [0.1, 0.15) is 58.9 Å². The first-order valence-corrected chi connectivity index (χ1v) is 14.9. The highest BCUT2D eigenvalue weighted by Gasteiger charge is 2.31. The molecular formula is C34H40Cl2N6O4. The fourth-order valence-corrected chi connectivity index (χ4v) is 5.65. The first kappa shape index (κ1) is 36.1. The Labute approximate surface area is 281 Å². The van der Waals surface area contributed by atoms with Crippen molar-refractivity contribution in [1.29, 1.82) is 0 Å². The van der Waals surface area contributed by atoms with Crippen LogP contribution in [0.15, 0.2) is 77.7 Å². The second-order valence-corrected chi connectivity index (χ2v) is 10.9. The van der Waals surface area contributed by atoms with Gasteiger partial charge in [-0.3, -0.25) is 19.0 Å². The number of carbonyl (C=O) groups is 2. The Bertz CT molecular complexity index is 1650. The Morgan fingerprint density at radius 2 is 1.65 bits per heavy atom. The second-order valence-electron chi connectivity index (χ2n) is 10.9. The zero-order valence-electron chi connectivity index (χ0n) is 26.1. The van der Waals surface area contributed by atoms with Gasteiger partial charge in [0.2, 0.25) is 11.8 Å². The second kappa shape index (κ2) is 16.8. The molecule has 46 heavy (non-hydrogen) atoms. The van der Waals surface area contributed by atoms with E-state index in [-0.39, 0.29) is 67.1 Å². The van der Waals surface area contributed by atoms with E-state index in [4.69, 9.17) is 4.74 Å². The number of hydrogen-bond acceptors (Lipinski definition) is 7. The molecule has 0 saturated heterocycles. The monoisotopic (exact) mass is 666 g/mol. The molecule has 0 saturated carbocycles. The average molecular weight is 668 g/mol. The van der Waals surface area contributed by atoms with Gasteiger partial charge in [0.25, 0.3) is 11.5 Å². The molecule has 3 N–H and O–H groups in total. The molecule has 5 rings (SSSR count). The van der Waals surface area contributed by atoms with Crippen molar-refractivity contribution in [3.05, 3.63) is 117 Å². The van der Waals surface area contributed by atoms with Crippen LogP contribution in [0.3, 0.4) is 0 Å². The fraction of sp³-hybridized carbons (Fsp3) is 0.324. The first-order chi connectivity index (χ1) is 21.4. The van der Waals surface area contributed by atoms with Gasteiger partial charge in [0, 0.05) is 48.7 Å². The molecule has 10 nitrogen and oxygen atoms in total. The van der Waals surface area contributed by atoms with Crippen molar-refractivity contribution >= 4 is 42.4 Å². The van der Waals surface area contributed by atoms with Gasteiger partial charge in [-0.05, 0) is 56.4 Å². The van der Waals surface area contributed by atoms with Crippen molar-refractivity contribution in [2.24, 2.45) is 0 Å². The zero-order valence-corrected chi connectivity index (χ0v) is 27.7. The summed E-state index contributed by atoms with van der Waals surface area (Å²) >= 11 is 0. The maximum absolute atomic E-state index is 13.7. The quantitative estimate of drug-likeness (QED) is 0.201. The number of nitrogens with one attached hydrogen (secondary N) is 3. The number of aromatic nitrogens is 3. The van der Waals surface area contributed by atoms with Crippen LogP contribution in [0.25, 0.3) is 0 Å². The van der Waals surface area contributed by atoms with Gasteiger partial charge in [0.1, 0.15) is 6.04 Å². The molecular weight excluding hydrogens is 627 g/mol. The van der Waals surface area contributed by atoms with E-state index in [0.29, 0.717) is 37.4 Å². The number of nitrogens with zero attached hydrogens (tertiary/aromatic N) is 3. The fourth-order valence-electron chi connectivity index (χ4n) is 5.65. The minimum absolute atomic E-state index is 0. The number of amides is 2. The first-order valence-electron chi connectivity index (χ1n) is 14.9. The largest absolute Gasteiger partial charge is 0.467 e. The molecule has 0 unspecified atom stereocenters. The van der Waals surface area contributed by atoms with Gasteiger partial charge in [-0.2, -0.15) is 0 Å². The Hall–Kier alpha value is -4.41. The lowest BCUT2D eigenvalue weighted by Crippen LogP contribution is -2.37. The maximum Gasteiger partial charge on any atom is 0.294 e. The van der Waals surface area contributed by atoms with Crippen molar-refractivity contribution in [1.82, 2.24) is 25.2 Å². The van der Waals surface area contributed by atoms with Crippen molar-refractivity contribution < 1.29 is 14.3 Å². The minimum Gasteiger partial charge on any atom is -0.467 e. The molecule has 1 aliphatic heterocycles. The topological polar surface area (TPSA) is 127 Å². The SMILES string of the molecule is CCNC(=O)COc1nc(C)cc(C)c1CNC(=O)[C@@H]1CCc2cnc(NCC(c3ccccc3)c3ccccc3)c(=O)n21.Cl.Cl. The molecule has 0 fully saturated rings. The van der Waals surface area contributed by atoms with E-state index in [2.05, 4.69) is 50.2 Å². The van der Waals surface area contributed by atoms with E-state index in [1.165, 1.54) is 0 Å². The van der Waals surface area contributed by atoms with Crippen LogP contribution in [0.4, 0.5) is 5.82 Å². The number of fused-ring (bicyclic) bond motifs is 1.